The topological polar surface area (TPSA) is 102 Å². The van der Waals surface area contributed by atoms with Crippen LogP contribution in [0.4, 0.5) is 0 Å². The van der Waals surface area contributed by atoms with E-state index < -0.39 is 24.1 Å². The average molecular weight is 922 g/mol. The first kappa shape index (κ1) is 62.5. The van der Waals surface area contributed by atoms with Gasteiger partial charge in [-0.3, -0.25) is 9.59 Å². The van der Waals surface area contributed by atoms with Gasteiger partial charge < -0.3 is 28.6 Å². The lowest BCUT2D eigenvalue weighted by molar-refractivity contribution is -0.889. The zero-order chi connectivity index (χ0) is 48.4. The maximum Gasteiger partial charge on any atom is 0.306 e. The summed E-state index contributed by atoms with van der Waals surface area (Å²) in [4.78, 5) is 37.0. The van der Waals surface area contributed by atoms with Crippen molar-refractivity contribution in [2.75, 3.05) is 41.0 Å². The normalized spacial score (nSPS) is 13.5. The van der Waals surface area contributed by atoms with Crippen LogP contribution in [0, 0.1) is 0 Å². The Balaban J connectivity index is 4.31. The molecule has 0 aromatic heterocycles. The van der Waals surface area contributed by atoms with E-state index in [4.69, 9.17) is 14.2 Å². The fourth-order valence-corrected chi connectivity index (χ4v) is 7.45. The molecule has 2 atom stereocenters. The minimum atomic E-state index is -1.14. The Bertz CT molecular complexity index is 1350. The summed E-state index contributed by atoms with van der Waals surface area (Å²) in [5.41, 5.74) is 0. The number of allylic oxidation sites excluding steroid dienone is 14. The largest absolute Gasteiger partial charge is 0.544 e. The molecule has 0 radical (unpaired) electrons. The summed E-state index contributed by atoms with van der Waals surface area (Å²) >= 11 is 0. The van der Waals surface area contributed by atoms with Crippen LogP contribution >= 0.6 is 0 Å². The number of rotatable bonds is 47. The molecule has 0 saturated heterocycles. The molecule has 0 aliphatic carbocycles. The molecule has 0 aliphatic heterocycles. The summed E-state index contributed by atoms with van der Waals surface area (Å²) in [7, 11) is 5.39. The SMILES string of the molecule is CC/C=C\C/C=C\C/C=C\C/C=C\C/C=C\C/C=C\CCC(=O)OC(COCCC(C(=O)[O-])[N+](C)(C)C)COC(=O)CCCCCCCCCCCCC/C=C\CCCCCCCCCC. The van der Waals surface area contributed by atoms with E-state index in [-0.39, 0.29) is 43.1 Å². The zero-order valence-corrected chi connectivity index (χ0v) is 43.1. The van der Waals surface area contributed by atoms with E-state index in [2.05, 4.69) is 86.8 Å². The molecule has 0 saturated carbocycles. The molecule has 0 rings (SSSR count). The third-order valence-electron chi connectivity index (χ3n) is 11.5. The van der Waals surface area contributed by atoms with Crippen LogP contribution in [0.5, 0.6) is 0 Å². The monoisotopic (exact) mass is 922 g/mol. The van der Waals surface area contributed by atoms with Crippen molar-refractivity contribution < 1.29 is 38.2 Å². The zero-order valence-electron chi connectivity index (χ0n) is 43.1. The minimum Gasteiger partial charge on any atom is -0.544 e. The van der Waals surface area contributed by atoms with Crippen molar-refractivity contribution in [1.82, 2.24) is 0 Å². The van der Waals surface area contributed by atoms with Gasteiger partial charge in [-0.2, -0.15) is 0 Å². The Morgan fingerprint density at radius 3 is 1.32 bits per heavy atom. The van der Waals surface area contributed by atoms with Gasteiger partial charge in [-0.05, 0) is 77.0 Å². The van der Waals surface area contributed by atoms with E-state index in [0.29, 0.717) is 12.8 Å². The third-order valence-corrected chi connectivity index (χ3v) is 11.5. The highest BCUT2D eigenvalue weighted by atomic mass is 16.6. The number of unbranched alkanes of at least 4 members (excludes halogenated alkanes) is 19. The minimum absolute atomic E-state index is 0.00657. The number of quaternary nitrogens is 1. The van der Waals surface area contributed by atoms with Crippen LogP contribution < -0.4 is 5.11 Å². The van der Waals surface area contributed by atoms with Gasteiger partial charge in [0.1, 0.15) is 12.6 Å². The van der Waals surface area contributed by atoms with Gasteiger partial charge in [0.2, 0.25) is 0 Å². The highest BCUT2D eigenvalue weighted by Gasteiger charge is 2.25. The van der Waals surface area contributed by atoms with Crippen molar-refractivity contribution in [2.45, 2.75) is 225 Å². The molecule has 378 valence electrons. The third kappa shape index (κ3) is 45.7. The fraction of sp³-hybridized carbons (Fsp3) is 0.707. The molecule has 0 N–H and O–H groups in total. The highest BCUT2D eigenvalue weighted by Crippen LogP contribution is 2.15. The predicted octanol–water partition coefficient (Wildman–Crippen LogP) is 14.3. The van der Waals surface area contributed by atoms with E-state index in [9.17, 15) is 19.5 Å². The van der Waals surface area contributed by atoms with E-state index in [1.807, 2.05) is 12.2 Å². The number of carbonyl (C=O) groups excluding carboxylic acids is 3. The Morgan fingerprint density at radius 1 is 0.470 bits per heavy atom. The van der Waals surface area contributed by atoms with Gasteiger partial charge in [0.05, 0.1) is 40.3 Å². The van der Waals surface area contributed by atoms with Gasteiger partial charge in [-0.1, -0.05) is 202 Å². The van der Waals surface area contributed by atoms with Crippen LogP contribution in [0.15, 0.2) is 85.1 Å². The highest BCUT2D eigenvalue weighted by molar-refractivity contribution is 5.70. The second-order valence-corrected chi connectivity index (χ2v) is 18.7. The van der Waals surface area contributed by atoms with Crippen molar-refractivity contribution in [3.63, 3.8) is 0 Å². The standard InChI is InChI=1S/C58H99NO7/c1-6-8-10-12-14-16-18-20-22-24-26-27-28-29-31-32-34-36-38-40-42-44-46-48-56(60)65-53-54(52-64-51-50-55(58(62)63)59(3,4)5)66-57(61)49-47-45-43-41-39-37-35-33-30-25-23-21-19-17-15-13-11-9-7-2/h9,11,15,17,21,23-24,26,30,33,37,39,43,45,54-55H,6-8,10,12-14,16,18-20,22,25,27-29,31-32,34-36,38,40-42,44,46-53H2,1-5H3/b11-9-,17-15-,23-21-,26-24-,33-30-,39-37-,45-43-. The lowest BCUT2D eigenvalue weighted by Gasteiger charge is -2.34. The van der Waals surface area contributed by atoms with Crippen LogP contribution in [0.3, 0.4) is 0 Å². The van der Waals surface area contributed by atoms with E-state index in [1.165, 1.54) is 116 Å². The van der Waals surface area contributed by atoms with Gasteiger partial charge in [0.15, 0.2) is 6.10 Å². The lowest BCUT2D eigenvalue weighted by Crippen LogP contribution is -2.55. The molecule has 0 aromatic carbocycles. The Labute approximate surface area is 405 Å². The number of esters is 2. The van der Waals surface area contributed by atoms with Gasteiger partial charge in [0, 0.05) is 19.3 Å². The molecular weight excluding hydrogens is 823 g/mol. The second kappa shape index (κ2) is 48.0. The molecule has 0 heterocycles. The fourth-order valence-electron chi connectivity index (χ4n) is 7.45. The number of ether oxygens (including phenoxy) is 3. The number of nitrogens with zero attached hydrogens (tertiary/aromatic N) is 1. The number of hydrogen-bond acceptors (Lipinski definition) is 7. The first-order chi connectivity index (χ1) is 32.1. The average Bonchev–Trinajstić information content (AvgIpc) is 3.28. The summed E-state index contributed by atoms with van der Waals surface area (Å²) < 4.78 is 17.2. The molecule has 0 bridgehead atoms. The Morgan fingerprint density at radius 2 is 0.879 bits per heavy atom. The van der Waals surface area contributed by atoms with Crippen molar-refractivity contribution in [2.24, 2.45) is 0 Å². The summed E-state index contributed by atoms with van der Waals surface area (Å²) in [6, 6.07) is -0.744. The van der Waals surface area contributed by atoms with Crippen molar-refractivity contribution in [3.8, 4) is 0 Å². The molecule has 2 unspecified atom stereocenters. The molecule has 0 aromatic rings. The predicted molar refractivity (Wildman–Crippen MR) is 277 cm³/mol. The number of likely N-dealkylation sites (N-methyl/N-ethyl adjacent to an activating group) is 1. The van der Waals surface area contributed by atoms with Crippen molar-refractivity contribution in [1.29, 1.82) is 0 Å². The van der Waals surface area contributed by atoms with E-state index >= 15 is 0 Å². The molecular formula is C58H99NO7. The smallest absolute Gasteiger partial charge is 0.306 e. The van der Waals surface area contributed by atoms with Gasteiger partial charge in [-0.25, -0.2) is 0 Å². The number of aliphatic carboxylic acids is 1. The molecule has 0 spiro atoms. The number of carbonyl (C=O) groups is 3. The summed E-state index contributed by atoms with van der Waals surface area (Å²) in [5, 5.41) is 11.7. The van der Waals surface area contributed by atoms with Crippen molar-refractivity contribution >= 4 is 17.9 Å². The quantitative estimate of drug-likeness (QED) is 0.0259. The molecule has 8 nitrogen and oxygen atoms in total. The first-order valence-electron chi connectivity index (χ1n) is 26.6. The lowest BCUT2D eigenvalue weighted by atomic mass is 10.0. The molecule has 8 heteroatoms. The molecule has 0 aliphatic rings. The number of hydrogen-bond donors (Lipinski definition) is 0. The van der Waals surface area contributed by atoms with Crippen LogP contribution in [-0.2, 0) is 28.6 Å². The maximum absolute atomic E-state index is 12.8. The van der Waals surface area contributed by atoms with Crippen LogP contribution in [-0.4, -0.2) is 75.5 Å². The van der Waals surface area contributed by atoms with E-state index in [0.717, 1.165) is 57.8 Å². The Hall–Kier alpha value is -3.49. The number of carboxylic acids is 1. The van der Waals surface area contributed by atoms with Gasteiger partial charge in [-0.15, -0.1) is 0 Å². The molecule has 0 fully saturated rings. The summed E-state index contributed by atoms with van der Waals surface area (Å²) in [5.74, 6) is -1.85. The Kier molecular flexibility index (Phi) is 45.4. The second-order valence-electron chi connectivity index (χ2n) is 18.7. The van der Waals surface area contributed by atoms with Gasteiger partial charge >= 0.3 is 11.9 Å². The van der Waals surface area contributed by atoms with Crippen LogP contribution in [0.1, 0.15) is 213 Å². The first-order valence-corrected chi connectivity index (χ1v) is 26.6. The van der Waals surface area contributed by atoms with E-state index in [1.54, 1.807) is 21.1 Å². The maximum atomic E-state index is 12.8. The number of carboxylic acid groups (broad SMARTS) is 1. The molecule has 0 amide bonds. The van der Waals surface area contributed by atoms with Crippen LogP contribution in [0.2, 0.25) is 0 Å². The summed E-state index contributed by atoms with van der Waals surface area (Å²) in [6.07, 6.45) is 63.5. The van der Waals surface area contributed by atoms with Crippen molar-refractivity contribution in [3.05, 3.63) is 85.1 Å². The van der Waals surface area contributed by atoms with Gasteiger partial charge in [0.25, 0.3) is 0 Å². The van der Waals surface area contributed by atoms with Crippen LogP contribution in [0.25, 0.3) is 0 Å². The summed E-state index contributed by atoms with van der Waals surface area (Å²) in [6.45, 7) is 4.48. The molecule has 66 heavy (non-hydrogen) atoms.